The summed E-state index contributed by atoms with van der Waals surface area (Å²) < 4.78 is 11.0. The van der Waals surface area contributed by atoms with Crippen LogP contribution in [-0.2, 0) is 16.0 Å². The summed E-state index contributed by atoms with van der Waals surface area (Å²) in [5, 5.41) is 8.94. The van der Waals surface area contributed by atoms with E-state index in [0.717, 1.165) is 18.4 Å². The van der Waals surface area contributed by atoms with Crippen molar-refractivity contribution in [2.75, 3.05) is 0 Å². The van der Waals surface area contributed by atoms with E-state index in [4.69, 9.17) is 14.7 Å². The number of nitriles is 1. The Labute approximate surface area is 153 Å². The lowest BCUT2D eigenvalue weighted by Crippen LogP contribution is -2.23. The highest BCUT2D eigenvalue weighted by Gasteiger charge is 2.15. The van der Waals surface area contributed by atoms with Crippen LogP contribution < -0.4 is 4.74 Å². The second-order valence-electron chi connectivity index (χ2n) is 6.94. The third-order valence-corrected chi connectivity index (χ3v) is 3.34. The monoisotopic (exact) mass is 353 g/mol. The smallest absolute Gasteiger partial charge is 0.306 e. The van der Waals surface area contributed by atoms with Crippen LogP contribution in [0.3, 0.4) is 0 Å². The average Bonchev–Trinajstić information content (AvgIpc) is 2.54. The van der Waals surface area contributed by atoms with E-state index in [1.165, 1.54) is 6.07 Å². The molecular weight excluding hydrogens is 330 g/mol. The minimum atomic E-state index is -0.444. The molecule has 0 amide bonds. The van der Waals surface area contributed by atoms with Crippen LogP contribution in [0.25, 0.3) is 0 Å². The fourth-order valence-corrected chi connectivity index (χ4v) is 2.32. The third kappa shape index (κ3) is 6.52. The topological polar surface area (TPSA) is 85.1 Å². The highest BCUT2D eigenvalue weighted by atomic mass is 16.6. The molecule has 0 atom stereocenters. The van der Waals surface area contributed by atoms with Crippen molar-refractivity contribution < 1.29 is 14.3 Å². The van der Waals surface area contributed by atoms with Gasteiger partial charge < -0.3 is 9.47 Å². The van der Waals surface area contributed by atoms with E-state index in [1.54, 1.807) is 6.92 Å². The third-order valence-electron chi connectivity index (χ3n) is 3.34. The van der Waals surface area contributed by atoms with Crippen LogP contribution in [0.15, 0.2) is 30.3 Å². The summed E-state index contributed by atoms with van der Waals surface area (Å²) in [6.07, 6.45) is 1.91. The van der Waals surface area contributed by atoms with Gasteiger partial charge in [-0.3, -0.25) is 4.79 Å². The van der Waals surface area contributed by atoms with Crippen LogP contribution in [0.2, 0.25) is 0 Å². The zero-order chi connectivity index (χ0) is 19.2. The van der Waals surface area contributed by atoms with Crippen molar-refractivity contribution in [3.05, 3.63) is 47.4 Å². The molecule has 0 aliphatic heterocycles. The SMILES string of the molecule is Cc1nc(C#N)cc(Oc2ccc(CCCC(=O)OC(C)(C)C)cc2)n1. The van der Waals surface area contributed by atoms with E-state index in [-0.39, 0.29) is 11.7 Å². The second kappa shape index (κ2) is 8.43. The maximum Gasteiger partial charge on any atom is 0.306 e. The Morgan fingerprint density at radius 1 is 1.19 bits per heavy atom. The van der Waals surface area contributed by atoms with E-state index in [9.17, 15) is 4.79 Å². The molecule has 2 aromatic rings. The molecule has 1 heterocycles. The molecule has 0 bridgehead atoms. The number of aryl methyl sites for hydroxylation is 2. The highest BCUT2D eigenvalue weighted by Crippen LogP contribution is 2.21. The normalized spacial score (nSPS) is 10.9. The van der Waals surface area contributed by atoms with Gasteiger partial charge in [0.15, 0.2) is 0 Å². The van der Waals surface area contributed by atoms with Gasteiger partial charge in [-0.05, 0) is 58.2 Å². The summed E-state index contributed by atoms with van der Waals surface area (Å²) in [5.74, 6) is 1.28. The number of esters is 1. The molecule has 0 unspecified atom stereocenters. The van der Waals surface area contributed by atoms with Gasteiger partial charge in [0.25, 0.3) is 0 Å². The number of ether oxygens (including phenoxy) is 2. The van der Waals surface area contributed by atoms with E-state index < -0.39 is 5.60 Å². The fourth-order valence-electron chi connectivity index (χ4n) is 2.32. The minimum absolute atomic E-state index is 0.176. The van der Waals surface area contributed by atoms with Gasteiger partial charge in [0.1, 0.15) is 28.9 Å². The molecule has 0 spiro atoms. The zero-order valence-corrected chi connectivity index (χ0v) is 15.6. The maximum atomic E-state index is 11.7. The number of nitrogens with zero attached hydrogens (tertiary/aromatic N) is 3. The van der Waals surface area contributed by atoms with Gasteiger partial charge in [-0.25, -0.2) is 4.98 Å². The van der Waals surface area contributed by atoms with Gasteiger partial charge in [0.05, 0.1) is 0 Å². The van der Waals surface area contributed by atoms with Crippen LogP contribution in [0, 0.1) is 18.3 Å². The van der Waals surface area contributed by atoms with Gasteiger partial charge in [-0.15, -0.1) is 0 Å². The van der Waals surface area contributed by atoms with Crippen LogP contribution >= 0.6 is 0 Å². The minimum Gasteiger partial charge on any atom is -0.460 e. The molecule has 136 valence electrons. The Morgan fingerprint density at radius 2 is 1.88 bits per heavy atom. The fraction of sp³-hybridized carbons (Fsp3) is 0.400. The summed E-state index contributed by atoms with van der Waals surface area (Å²) in [7, 11) is 0. The van der Waals surface area contributed by atoms with Crippen molar-refractivity contribution in [2.24, 2.45) is 0 Å². The van der Waals surface area contributed by atoms with E-state index in [1.807, 2.05) is 51.1 Å². The standard InChI is InChI=1S/C20H23N3O3/c1-14-22-16(13-21)12-18(23-14)25-17-10-8-15(9-11-17)6-5-7-19(24)26-20(2,3)4/h8-12H,5-7H2,1-4H3. The summed E-state index contributed by atoms with van der Waals surface area (Å²) in [4.78, 5) is 19.9. The second-order valence-corrected chi connectivity index (χ2v) is 6.94. The molecule has 0 radical (unpaired) electrons. The zero-order valence-electron chi connectivity index (χ0n) is 15.6. The number of benzene rings is 1. The van der Waals surface area contributed by atoms with Crippen molar-refractivity contribution >= 4 is 5.97 Å². The summed E-state index contributed by atoms with van der Waals surface area (Å²) in [6.45, 7) is 7.30. The Hall–Kier alpha value is -2.94. The van der Waals surface area contributed by atoms with Gasteiger partial charge in [-0.2, -0.15) is 10.2 Å². The predicted molar refractivity (Wildman–Crippen MR) is 96.8 cm³/mol. The molecule has 0 N–H and O–H groups in total. The lowest BCUT2D eigenvalue weighted by Gasteiger charge is -2.19. The van der Waals surface area contributed by atoms with Gasteiger partial charge in [0.2, 0.25) is 5.88 Å². The van der Waals surface area contributed by atoms with E-state index in [0.29, 0.717) is 23.9 Å². The number of rotatable bonds is 6. The molecule has 0 aliphatic carbocycles. The van der Waals surface area contributed by atoms with Crippen LogP contribution in [0.1, 0.15) is 50.7 Å². The first-order valence-electron chi connectivity index (χ1n) is 8.49. The molecule has 2 rings (SSSR count). The van der Waals surface area contributed by atoms with E-state index >= 15 is 0 Å². The van der Waals surface area contributed by atoms with Gasteiger partial charge >= 0.3 is 5.97 Å². The molecule has 6 heteroatoms. The van der Waals surface area contributed by atoms with Crippen LogP contribution in [0.5, 0.6) is 11.6 Å². The van der Waals surface area contributed by atoms with Crippen LogP contribution in [0.4, 0.5) is 0 Å². The Morgan fingerprint density at radius 3 is 2.50 bits per heavy atom. The summed E-state index contributed by atoms with van der Waals surface area (Å²) >= 11 is 0. The molecule has 26 heavy (non-hydrogen) atoms. The highest BCUT2D eigenvalue weighted by molar-refractivity contribution is 5.69. The molecular formula is C20H23N3O3. The average molecular weight is 353 g/mol. The molecule has 6 nitrogen and oxygen atoms in total. The first kappa shape index (κ1) is 19.4. The molecule has 0 saturated heterocycles. The van der Waals surface area contributed by atoms with Crippen molar-refractivity contribution in [3.63, 3.8) is 0 Å². The molecule has 0 fully saturated rings. The number of carbonyl (C=O) groups is 1. The predicted octanol–water partition coefficient (Wildman–Crippen LogP) is 4.11. The van der Waals surface area contributed by atoms with Gasteiger partial charge in [0, 0.05) is 12.5 Å². The number of carbonyl (C=O) groups excluding carboxylic acids is 1. The number of aromatic nitrogens is 2. The largest absolute Gasteiger partial charge is 0.460 e. The summed E-state index contributed by atoms with van der Waals surface area (Å²) in [5.41, 5.74) is 0.935. The van der Waals surface area contributed by atoms with Crippen molar-refractivity contribution in [3.8, 4) is 17.7 Å². The van der Waals surface area contributed by atoms with Gasteiger partial charge in [-0.1, -0.05) is 12.1 Å². The molecule has 0 aliphatic rings. The first-order chi connectivity index (χ1) is 12.2. The lowest BCUT2D eigenvalue weighted by atomic mass is 10.1. The first-order valence-corrected chi connectivity index (χ1v) is 8.49. The Balaban J connectivity index is 1.88. The van der Waals surface area contributed by atoms with Crippen molar-refractivity contribution in [2.45, 2.75) is 52.6 Å². The maximum absolute atomic E-state index is 11.7. The van der Waals surface area contributed by atoms with E-state index in [2.05, 4.69) is 9.97 Å². The Kier molecular flexibility index (Phi) is 6.29. The van der Waals surface area contributed by atoms with Crippen LogP contribution in [-0.4, -0.2) is 21.5 Å². The summed E-state index contributed by atoms with van der Waals surface area (Å²) in [6, 6.07) is 11.1. The quantitative estimate of drug-likeness (QED) is 0.726. The lowest BCUT2D eigenvalue weighted by molar-refractivity contribution is -0.154. The Bertz CT molecular complexity index is 803. The molecule has 1 aromatic heterocycles. The number of hydrogen-bond donors (Lipinski definition) is 0. The van der Waals surface area contributed by atoms with Crippen molar-refractivity contribution in [1.29, 1.82) is 5.26 Å². The number of hydrogen-bond acceptors (Lipinski definition) is 6. The van der Waals surface area contributed by atoms with Crippen molar-refractivity contribution in [1.82, 2.24) is 9.97 Å². The molecule has 0 saturated carbocycles. The molecule has 1 aromatic carbocycles.